The lowest BCUT2D eigenvalue weighted by Gasteiger charge is -2.25. The van der Waals surface area contributed by atoms with Gasteiger partial charge in [0.1, 0.15) is 0 Å². The first kappa shape index (κ1) is 23.2. The molecule has 0 radical (unpaired) electrons. The summed E-state index contributed by atoms with van der Waals surface area (Å²) in [6, 6.07) is 11.6. The fourth-order valence-electron chi connectivity index (χ4n) is 2.56. The Balaban J connectivity index is 2.06. The van der Waals surface area contributed by atoms with Gasteiger partial charge in [-0.1, -0.05) is 24.6 Å². The number of halogens is 1. The van der Waals surface area contributed by atoms with E-state index in [1.165, 1.54) is 0 Å². The third-order valence-electron chi connectivity index (χ3n) is 4.71. The van der Waals surface area contributed by atoms with Gasteiger partial charge in [0.15, 0.2) is 18.1 Å². The number of ether oxygens (including phenoxy) is 2. The Kier molecular flexibility index (Phi) is 8.53. The molecule has 2 aromatic carbocycles. The van der Waals surface area contributed by atoms with Crippen molar-refractivity contribution in [2.24, 2.45) is 0 Å². The zero-order valence-electron chi connectivity index (χ0n) is 17.9. The Morgan fingerprint density at radius 3 is 2.41 bits per heavy atom. The van der Waals surface area contributed by atoms with E-state index in [1.807, 2.05) is 50.2 Å². The lowest BCUT2D eigenvalue weighted by molar-refractivity contribution is -0.118. The van der Waals surface area contributed by atoms with Crippen LogP contribution >= 0.6 is 15.9 Å². The molecule has 2 rings (SSSR count). The largest absolute Gasteiger partial charge is 0.490 e. The van der Waals surface area contributed by atoms with Gasteiger partial charge in [-0.2, -0.15) is 0 Å². The first-order valence-corrected chi connectivity index (χ1v) is 10.7. The lowest BCUT2D eigenvalue weighted by Crippen LogP contribution is -2.37. The van der Waals surface area contributed by atoms with Crippen LogP contribution in [0.4, 0.5) is 5.69 Å². The van der Waals surface area contributed by atoms with Crippen molar-refractivity contribution in [1.29, 1.82) is 0 Å². The topological polar surface area (TPSA) is 59.6 Å². The normalized spacial score (nSPS) is 11.2. The maximum absolute atomic E-state index is 12.3. The van der Waals surface area contributed by atoms with Crippen LogP contribution in [0.3, 0.4) is 0 Å². The predicted molar refractivity (Wildman–Crippen MR) is 122 cm³/mol. The van der Waals surface area contributed by atoms with Crippen molar-refractivity contribution in [1.82, 2.24) is 5.32 Å². The molecule has 0 bridgehead atoms. The summed E-state index contributed by atoms with van der Waals surface area (Å²) in [4.78, 5) is 12.3. The molecule has 0 atom stereocenters. The van der Waals surface area contributed by atoms with Crippen molar-refractivity contribution < 1.29 is 14.3 Å². The highest BCUT2D eigenvalue weighted by Gasteiger charge is 2.17. The molecule has 1 amide bonds. The fourth-order valence-corrected chi connectivity index (χ4v) is 3.17. The first-order valence-electron chi connectivity index (χ1n) is 9.93. The minimum absolute atomic E-state index is 0.0570. The smallest absolute Gasteiger partial charge is 0.262 e. The van der Waals surface area contributed by atoms with Gasteiger partial charge in [-0.25, -0.2) is 0 Å². The zero-order valence-corrected chi connectivity index (χ0v) is 19.5. The van der Waals surface area contributed by atoms with Gasteiger partial charge < -0.3 is 20.1 Å². The van der Waals surface area contributed by atoms with Gasteiger partial charge in [-0.05, 0) is 79.9 Å². The molecule has 2 aromatic rings. The molecule has 0 fully saturated rings. The van der Waals surface area contributed by atoms with Crippen LogP contribution in [0, 0.1) is 6.92 Å². The SMILES string of the molecule is CCOc1cc(CNC(C)(C)CC)cc(Br)c1OCC(=O)Nc1ccc(C)cc1. The standard InChI is InChI=1S/C23H31BrN2O3/c1-6-23(4,5)25-14-17-12-19(24)22(20(13-17)28-7-2)29-15-21(27)26-18-10-8-16(3)9-11-18/h8-13,25H,6-7,14-15H2,1-5H3,(H,26,27). The second-order valence-corrected chi connectivity index (χ2v) is 8.49. The van der Waals surface area contributed by atoms with E-state index in [4.69, 9.17) is 9.47 Å². The van der Waals surface area contributed by atoms with Crippen molar-refractivity contribution in [3.05, 3.63) is 52.0 Å². The summed E-state index contributed by atoms with van der Waals surface area (Å²) in [7, 11) is 0. The molecule has 2 N–H and O–H groups in total. The Labute approximate surface area is 182 Å². The molecular formula is C23H31BrN2O3. The number of carbonyl (C=O) groups is 1. The van der Waals surface area contributed by atoms with E-state index < -0.39 is 0 Å². The van der Waals surface area contributed by atoms with E-state index in [1.54, 1.807) is 0 Å². The van der Waals surface area contributed by atoms with Gasteiger partial charge in [0, 0.05) is 17.8 Å². The highest BCUT2D eigenvalue weighted by Crippen LogP contribution is 2.37. The molecule has 0 saturated heterocycles. The monoisotopic (exact) mass is 462 g/mol. The highest BCUT2D eigenvalue weighted by molar-refractivity contribution is 9.10. The van der Waals surface area contributed by atoms with E-state index in [0.29, 0.717) is 24.7 Å². The van der Waals surface area contributed by atoms with Crippen LogP contribution in [0.5, 0.6) is 11.5 Å². The summed E-state index contributed by atoms with van der Waals surface area (Å²) in [5.41, 5.74) is 3.02. The molecule has 5 nitrogen and oxygen atoms in total. The van der Waals surface area contributed by atoms with Gasteiger partial charge in [0.2, 0.25) is 0 Å². The second kappa shape index (κ2) is 10.6. The molecule has 0 heterocycles. The third-order valence-corrected chi connectivity index (χ3v) is 5.30. The molecule has 6 heteroatoms. The van der Waals surface area contributed by atoms with Crippen LogP contribution in [0.15, 0.2) is 40.9 Å². The quantitative estimate of drug-likeness (QED) is 0.492. The molecule has 0 aliphatic rings. The predicted octanol–water partition coefficient (Wildman–Crippen LogP) is 5.45. The van der Waals surface area contributed by atoms with Crippen LogP contribution < -0.4 is 20.1 Å². The number of amides is 1. The van der Waals surface area contributed by atoms with Gasteiger partial charge in [-0.3, -0.25) is 4.79 Å². The molecule has 0 spiro atoms. The van der Waals surface area contributed by atoms with Crippen LogP contribution in [0.25, 0.3) is 0 Å². The number of hydrogen-bond donors (Lipinski definition) is 2. The summed E-state index contributed by atoms with van der Waals surface area (Å²) in [6.07, 6.45) is 1.03. The fraction of sp³-hybridized carbons (Fsp3) is 0.435. The van der Waals surface area contributed by atoms with Crippen LogP contribution in [0.1, 0.15) is 45.2 Å². The summed E-state index contributed by atoms with van der Waals surface area (Å²) >= 11 is 3.57. The van der Waals surface area contributed by atoms with Crippen molar-refractivity contribution in [2.75, 3.05) is 18.5 Å². The lowest BCUT2D eigenvalue weighted by atomic mass is 10.0. The average Bonchev–Trinajstić information content (AvgIpc) is 2.68. The highest BCUT2D eigenvalue weighted by atomic mass is 79.9. The summed E-state index contributed by atoms with van der Waals surface area (Å²) < 4.78 is 12.3. The molecule has 0 saturated carbocycles. The maximum atomic E-state index is 12.3. The Bertz CT molecular complexity index is 820. The number of aryl methyl sites for hydroxylation is 1. The van der Waals surface area contributed by atoms with Crippen molar-refractivity contribution in [2.45, 2.75) is 53.1 Å². The summed E-state index contributed by atoms with van der Waals surface area (Å²) in [6.45, 7) is 11.6. The molecule has 0 aliphatic carbocycles. The van der Waals surface area contributed by atoms with Crippen molar-refractivity contribution >= 4 is 27.5 Å². The molecule has 0 aliphatic heterocycles. The van der Waals surface area contributed by atoms with E-state index in [-0.39, 0.29) is 18.1 Å². The first-order chi connectivity index (χ1) is 13.7. The van der Waals surface area contributed by atoms with E-state index >= 15 is 0 Å². The average molecular weight is 463 g/mol. The Morgan fingerprint density at radius 1 is 1.10 bits per heavy atom. The second-order valence-electron chi connectivity index (χ2n) is 7.63. The number of benzene rings is 2. The summed E-state index contributed by atoms with van der Waals surface area (Å²) in [5, 5.41) is 6.38. The number of anilines is 1. The van der Waals surface area contributed by atoms with Crippen molar-refractivity contribution in [3.63, 3.8) is 0 Å². The molecule has 0 unspecified atom stereocenters. The van der Waals surface area contributed by atoms with Gasteiger partial charge >= 0.3 is 0 Å². The minimum Gasteiger partial charge on any atom is -0.490 e. The summed E-state index contributed by atoms with van der Waals surface area (Å²) in [5.74, 6) is 0.930. The number of nitrogens with one attached hydrogen (secondary N) is 2. The van der Waals surface area contributed by atoms with E-state index in [0.717, 1.165) is 27.7 Å². The number of carbonyl (C=O) groups excluding carboxylic acids is 1. The van der Waals surface area contributed by atoms with Gasteiger partial charge in [-0.15, -0.1) is 0 Å². The number of hydrogen-bond acceptors (Lipinski definition) is 4. The van der Waals surface area contributed by atoms with Crippen LogP contribution in [-0.4, -0.2) is 24.7 Å². The van der Waals surface area contributed by atoms with E-state index in [9.17, 15) is 4.79 Å². The van der Waals surface area contributed by atoms with Gasteiger partial charge in [0.25, 0.3) is 5.91 Å². The van der Waals surface area contributed by atoms with Gasteiger partial charge in [0.05, 0.1) is 11.1 Å². The minimum atomic E-state index is -0.223. The maximum Gasteiger partial charge on any atom is 0.262 e. The molecule has 0 aromatic heterocycles. The molecule has 29 heavy (non-hydrogen) atoms. The van der Waals surface area contributed by atoms with Crippen molar-refractivity contribution in [3.8, 4) is 11.5 Å². The Hall–Kier alpha value is -2.05. The van der Waals surface area contributed by atoms with Crippen LogP contribution in [0.2, 0.25) is 0 Å². The van der Waals surface area contributed by atoms with Crippen LogP contribution in [-0.2, 0) is 11.3 Å². The molecule has 158 valence electrons. The Morgan fingerprint density at radius 2 is 1.79 bits per heavy atom. The number of rotatable bonds is 10. The zero-order chi connectivity index (χ0) is 21.4. The van der Waals surface area contributed by atoms with E-state index in [2.05, 4.69) is 47.3 Å². The molecular weight excluding hydrogens is 432 g/mol. The third kappa shape index (κ3) is 7.37.